The molecule has 2 N–H and O–H groups in total. The Labute approximate surface area is 194 Å². The van der Waals surface area contributed by atoms with Gasteiger partial charge >= 0.3 is 6.18 Å². The van der Waals surface area contributed by atoms with Crippen molar-refractivity contribution in [3.8, 4) is 0 Å². The van der Waals surface area contributed by atoms with Crippen LogP contribution in [0.3, 0.4) is 0 Å². The summed E-state index contributed by atoms with van der Waals surface area (Å²) < 4.78 is 41.9. The first-order chi connectivity index (χ1) is 16.2. The highest BCUT2D eigenvalue weighted by atomic mass is 19.4. The zero-order chi connectivity index (χ0) is 24.3. The number of aromatic nitrogens is 2. The number of nitrogens with one attached hydrogen (secondary N) is 2. The first-order valence-corrected chi connectivity index (χ1v) is 11.1. The number of hydrogen-bond acceptors (Lipinski definition) is 4. The molecule has 34 heavy (non-hydrogen) atoms. The molecule has 1 aliphatic rings. The highest BCUT2D eigenvalue weighted by Crippen LogP contribution is 2.33. The van der Waals surface area contributed by atoms with Crippen LogP contribution in [0.4, 0.5) is 24.5 Å². The SMILES string of the molecule is CC(=O)Nc1cccc(NC(=O)CN2CCC(Cn3c(C(F)(F)F)nc4ccccc43)CC2)c1. The maximum atomic E-state index is 13.6. The van der Waals surface area contributed by atoms with Gasteiger partial charge in [-0.25, -0.2) is 4.98 Å². The summed E-state index contributed by atoms with van der Waals surface area (Å²) in [5.41, 5.74) is 2.00. The van der Waals surface area contributed by atoms with E-state index in [1.807, 2.05) is 4.90 Å². The summed E-state index contributed by atoms with van der Waals surface area (Å²) in [7, 11) is 0. The van der Waals surface area contributed by atoms with Gasteiger partial charge in [0.2, 0.25) is 17.6 Å². The number of fused-ring (bicyclic) bond motifs is 1. The van der Waals surface area contributed by atoms with Gasteiger partial charge in [-0.15, -0.1) is 0 Å². The fraction of sp³-hybridized carbons (Fsp3) is 0.375. The Balaban J connectivity index is 1.33. The molecule has 0 saturated carbocycles. The van der Waals surface area contributed by atoms with Gasteiger partial charge in [0.15, 0.2) is 0 Å². The van der Waals surface area contributed by atoms with E-state index >= 15 is 0 Å². The lowest BCUT2D eigenvalue weighted by Crippen LogP contribution is -2.40. The second-order valence-corrected chi connectivity index (χ2v) is 8.56. The topological polar surface area (TPSA) is 79.3 Å². The van der Waals surface area contributed by atoms with Gasteiger partial charge in [0.05, 0.1) is 17.6 Å². The average Bonchev–Trinajstić information content (AvgIpc) is 3.14. The monoisotopic (exact) mass is 473 g/mol. The average molecular weight is 473 g/mol. The van der Waals surface area contributed by atoms with Crippen molar-refractivity contribution >= 4 is 34.2 Å². The number of nitrogens with zero attached hydrogens (tertiary/aromatic N) is 3. The van der Waals surface area contributed by atoms with Gasteiger partial charge in [-0.2, -0.15) is 13.2 Å². The molecule has 180 valence electrons. The number of carbonyl (C=O) groups is 2. The van der Waals surface area contributed by atoms with Gasteiger partial charge in [0.25, 0.3) is 0 Å². The van der Waals surface area contributed by atoms with Crippen molar-refractivity contribution < 1.29 is 22.8 Å². The summed E-state index contributed by atoms with van der Waals surface area (Å²) in [5, 5.41) is 5.49. The van der Waals surface area contributed by atoms with Crippen LogP contribution in [-0.2, 0) is 22.3 Å². The van der Waals surface area contributed by atoms with Crippen LogP contribution in [0.1, 0.15) is 25.6 Å². The van der Waals surface area contributed by atoms with Gasteiger partial charge in [0, 0.05) is 24.8 Å². The van der Waals surface area contributed by atoms with Crippen molar-refractivity contribution in [3.05, 3.63) is 54.4 Å². The first-order valence-electron chi connectivity index (χ1n) is 11.1. The van der Waals surface area contributed by atoms with Crippen LogP contribution in [0.25, 0.3) is 11.0 Å². The van der Waals surface area contributed by atoms with E-state index in [4.69, 9.17) is 0 Å². The molecule has 0 unspecified atom stereocenters. The normalized spacial score (nSPS) is 15.4. The molecule has 0 radical (unpaired) electrons. The fourth-order valence-corrected chi connectivity index (χ4v) is 4.34. The summed E-state index contributed by atoms with van der Waals surface area (Å²) in [5.74, 6) is -1.18. The lowest BCUT2D eigenvalue weighted by atomic mass is 9.96. The van der Waals surface area contributed by atoms with Crippen LogP contribution in [0.5, 0.6) is 0 Å². The summed E-state index contributed by atoms with van der Waals surface area (Å²) in [6, 6.07) is 13.5. The highest BCUT2D eigenvalue weighted by molar-refractivity contribution is 5.94. The largest absolute Gasteiger partial charge is 0.449 e. The molecule has 0 aliphatic carbocycles. The number of halogens is 3. The minimum atomic E-state index is -4.52. The number of anilines is 2. The number of benzene rings is 2. The molecule has 1 fully saturated rings. The van der Waals surface area contributed by atoms with E-state index in [9.17, 15) is 22.8 Å². The Morgan fingerprint density at radius 2 is 1.71 bits per heavy atom. The van der Waals surface area contributed by atoms with Crippen molar-refractivity contribution in [1.29, 1.82) is 0 Å². The van der Waals surface area contributed by atoms with E-state index < -0.39 is 12.0 Å². The van der Waals surface area contributed by atoms with E-state index in [0.717, 1.165) is 0 Å². The van der Waals surface area contributed by atoms with Crippen molar-refractivity contribution in [2.45, 2.75) is 32.5 Å². The predicted octanol–water partition coefficient (Wildman–Crippen LogP) is 4.36. The summed E-state index contributed by atoms with van der Waals surface area (Å²) in [4.78, 5) is 29.5. The molecule has 3 aromatic rings. The van der Waals surface area contributed by atoms with E-state index in [-0.39, 0.29) is 30.8 Å². The number of imidazole rings is 1. The molecule has 1 saturated heterocycles. The van der Waals surface area contributed by atoms with E-state index in [2.05, 4.69) is 15.6 Å². The number of carbonyl (C=O) groups excluding carboxylic acids is 2. The molecule has 1 aliphatic heterocycles. The standard InChI is InChI=1S/C24H26F3N5O2/c1-16(33)28-18-5-4-6-19(13-18)29-22(34)15-31-11-9-17(10-12-31)14-32-21-8-3-2-7-20(21)30-23(32)24(25,26)27/h2-8,13,17H,9-12,14-15H2,1H3,(H,28,33)(H,29,34). The van der Waals surface area contributed by atoms with Crippen molar-refractivity contribution in [1.82, 2.24) is 14.5 Å². The van der Waals surface area contributed by atoms with Crippen LogP contribution in [0.2, 0.25) is 0 Å². The van der Waals surface area contributed by atoms with Gasteiger partial charge in [-0.1, -0.05) is 18.2 Å². The third-order valence-corrected chi connectivity index (χ3v) is 5.89. The van der Waals surface area contributed by atoms with Crippen LogP contribution >= 0.6 is 0 Å². The number of amides is 2. The quantitative estimate of drug-likeness (QED) is 0.558. The Kier molecular flexibility index (Phi) is 6.87. The third-order valence-electron chi connectivity index (χ3n) is 5.89. The molecule has 0 bridgehead atoms. The van der Waals surface area contributed by atoms with Gasteiger partial charge < -0.3 is 15.2 Å². The van der Waals surface area contributed by atoms with Crippen molar-refractivity contribution in [2.75, 3.05) is 30.3 Å². The molecule has 0 spiro atoms. The second-order valence-electron chi connectivity index (χ2n) is 8.56. The predicted molar refractivity (Wildman–Crippen MR) is 123 cm³/mol. The Hall–Kier alpha value is -3.40. The number of rotatable bonds is 6. The molecule has 2 heterocycles. The Morgan fingerprint density at radius 3 is 2.38 bits per heavy atom. The van der Waals surface area contributed by atoms with E-state index in [1.165, 1.54) is 11.5 Å². The molecule has 4 rings (SSSR count). The first kappa shape index (κ1) is 23.7. The summed E-state index contributed by atoms with van der Waals surface area (Å²) in [6.45, 7) is 3.09. The minimum Gasteiger partial charge on any atom is -0.326 e. The smallest absolute Gasteiger partial charge is 0.326 e. The molecule has 2 amide bonds. The maximum absolute atomic E-state index is 13.6. The van der Waals surface area contributed by atoms with Crippen molar-refractivity contribution in [3.63, 3.8) is 0 Å². The Morgan fingerprint density at radius 1 is 1.03 bits per heavy atom. The molecule has 10 heteroatoms. The van der Waals surface area contributed by atoms with Crippen molar-refractivity contribution in [2.24, 2.45) is 5.92 Å². The second kappa shape index (κ2) is 9.84. The summed E-state index contributed by atoms with van der Waals surface area (Å²) >= 11 is 0. The number of para-hydroxylation sites is 2. The molecule has 0 atom stereocenters. The van der Waals surface area contributed by atoms with Gasteiger partial charge in [-0.05, 0) is 62.2 Å². The number of alkyl halides is 3. The fourth-order valence-electron chi connectivity index (χ4n) is 4.34. The van der Waals surface area contributed by atoms with Crippen LogP contribution in [0.15, 0.2) is 48.5 Å². The number of likely N-dealkylation sites (tertiary alicyclic amines) is 1. The van der Waals surface area contributed by atoms with Crippen LogP contribution in [-0.4, -0.2) is 45.9 Å². The van der Waals surface area contributed by atoms with Gasteiger partial charge in [0.1, 0.15) is 0 Å². The molecule has 1 aromatic heterocycles. The zero-order valence-electron chi connectivity index (χ0n) is 18.7. The van der Waals surface area contributed by atoms with Gasteiger partial charge in [-0.3, -0.25) is 14.5 Å². The maximum Gasteiger partial charge on any atom is 0.449 e. The molecular formula is C24H26F3N5O2. The third kappa shape index (κ3) is 5.74. The van der Waals surface area contributed by atoms with E-state index in [0.29, 0.717) is 48.3 Å². The lowest BCUT2D eigenvalue weighted by molar-refractivity contribution is -0.147. The zero-order valence-corrected chi connectivity index (χ0v) is 18.7. The highest BCUT2D eigenvalue weighted by Gasteiger charge is 2.38. The summed E-state index contributed by atoms with van der Waals surface area (Å²) in [6.07, 6.45) is -3.14. The molecule has 7 nitrogen and oxygen atoms in total. The number of hydrogen-bond donors (Lipinski definition) is 2. The minimum absolute atomic E-state index is 0.0624. The lowest BCUT2D eigenvalue weighted by Gasteiger charge is -2.32. The Bertz CT molecular complexity index is 1180. The molecule has 2 aromatic carbocycles. The van der Waals surface area contributed by atoms with Crippen LogP contribution in [0, 0.1) is 5.92 Å². The van der Waals surface area contributed by atoms with Crippen LogP contribution < -0.4 is 10.6 Å². The molecular weight excluding hydrogens is 447 g/mol. The van der Waals surface area contributed by atoms with E-state index in [1.54, 1.807) is 48.5 Å². The number of piperidine rings is 1.